The van der Waals surface area contributed by atoms with E-state index in [1.165, 1.54) is 108 Å². The van der Waals surface area contributed by atoms with E-state index in [0.29, 0.717) is 0 Å². The van der Waals surface area contributed by atoms with Gasteiger partial charge in [-0.3, -0.25) is 0 Å². The molecule has 0 aromatic carbocycles. The third-order valence-corrected chi connectivity index (χ3v) is 7.36. The van der Waals surface area contributed by atoms with Crippen LogP contribution in [0.5, 0.6) is 0 Å². The Labute approximate surface area is 173 Å². The van der Waals surface area contributed by atoms with Crippen LogP contribution >= 0.6 is 0 Å². The first-order valence-electron chi connectivity index (χ1n) is 12.1. The summed E-state index contributed by atoms with van der Waals surface area (Å²) in [6.45, 7) is 2.31. The summed E-state index contributed by atoms with van der Waals surface area (Å²) in [6.07, 6.45) is 27.4. The lowest BCUT2D eigenvalue weighted by Crippen LogP contribution is -2.18. The Morgan fingerprint density at radius 1 is 0.821 bits per heavy atom. The van der Waals surface area contributed by atoms with Crippen molar-refractivity contribution in [3.05, 3.63) is 24.1 Å². The molecule has 2 saturated carbocycles. The molecule has 0 atom stereocenters. The molecule has 1 nitrogen and oxygen atoms in total. The molecule has 0 saturated heterocycles. The fraction of sp³-hybridized carbons (Fsp3) is 0.808. The SMILES string of the molecule is CCCCCC1CCC(CCC2CCC(CC/C=C/C=C(\F)C#N)CC2)CC1. The number of nitriles is 1. The van der Waals surface area contributed by atoms with Crippen LogP contribution in [0, 0.1) is 35.0 Å². The van der Waals surface area contributed by atoms with Crippen LogP contribution in [0.3, 0.4) is 0 Å². The van der Waals surface area contributed by atoms with Gasteiger partial charge >= 0.3 is 0 Å². The third-order valence-electron chi connectivity index (χ3n) is 7.36. The van der Waals surface area contributed by atoms with E-state index in [9.17, 15) is 4.39 Å². The van der Waals surface area contributed by atoms with E-state index < -0.39 is 5.83 Å². The Morgan fingerprint density at radius 3 is 1.82 bits per heavy atom. The molecule has 0 radical (unpaired) electrons. The van der Waals surface area contributed by atoms with Crippen molar-refractivity contribution in [3.63, 3.8) is 0 Å². The molecule has 0 spiro atoms. The van der Waals surface area contributed by atoms with Crippen molar-refractivity contribution in [3.8, 4) is 6.07 Å². The highest BCUT2D eigenvalue weighted by molar-refractivity contribution is 5.18. The van der Waals surface area contributed by atoms with Gasteiger partial charge in [0.25, 0.3) is 0 Å². The Morgan fingerprint density at radius 2 is 1.32 bits per heavy atom. The fourth-order valence-corrected chi connectivity index (χ4v) is 5.39. The van der Waals surface area contributed by atoms with Crippen molar-refractivity contribution in [1.29, 1.82) is 5.26 Å². The van der Waals surface area contributed by atoms with Crippen LogP contribution in [0.25, 0.3) is 0 Å². The Hall–Kier alpha value is -1.10. The van der Waals surface area contributed by atoms with Crippen molar-refractivity contribution < 1.29 is 4.39 Å². The van der Waals surface area contributed by atoms with Crippen molar-refractivity contribution in [2.45, 2.75) is 110 Å². The first-order chi connectivity index (χ1) is 13.7. The van der Waals surface area contributed by atoms with Crippen LogP contribution in [-0.4, -0.2) is 0 Å². The number of halogens is 1. The van der Waals surface area contributed by atoms with Gasteiger partial charge in [0.05, 0.1) is 0 Å². The first-order valence-corrected chi connectivity index (χ1v) is 12.1. The molecule has 2 fully saturated rings. The average molecular weight is 388 g/mol. The van der Waals surface area contributed by atoms with Crippen molar-refractivity contribution >= 4 is 0 Å². The summed E-state index contributed by atoms with van der Waals surface area (Å²) in [5, 5.41) is 8.37. The monoisotopic (exact) mass is 387 g/mol. The van der Waals surface area contributed by atoms with Crippen LogP contribution in [0.1, 0.15) is 110 Å². The van der Waals surface area contributed by atoms with Crippen molar-refractivity contribution in [2.24, 2.45) is 23.7 Å². The molecule has 0 unspecified atom stereocenters. The lowest BCUT2D eigenvalue weighted by atomic mass is 9.74. The summed E-state index contributed by atoms with van der Waals surface area (Å²) in [5.41, 5.74) is 0. The quantitative estimate of drug-likeness (QED) is 0.197. The number of nitrogens with zero attached hydrogens (tertiary/aromatic N) is 1. The molecule has 0 aromatic heterocycles. The summed E-state index contributed by atoms with van der Waals surface area (Å²) in [5.74, 6) is 3.18. The molecule has 28 heavy (non-hydrogen) atoms. The largest absolute Gasteiger partial charge is 0.199 e. The highest BCUT2D eigenvalue weighted by atomic mass is 19.1. The molecular formula is C26H42FN. The number of rotatable bonds is 11. The van der Waals surface area contributed by atoms with Crippen molar-refractivity contribution in [1.82, 2.24) is 0 Å². The van der Waals surface area contributed by atoms with Crippen LogP contribution < -0.4 is 0 Å². The molecule has 2 heteroatoms. The second-order valence-electron chi connectivity index (χ2n) is 9.48. The molecule has 0 heterocycles. The highest BCUT2D eigenvalue weighted by Gasteiger charge is 2.24. The van der Waals surface area contributed by atoms with E-state index in [1.807, 2.05) is 6.08 Å². The Bertz CT molecular complexity index is 499. The van der Waals surface area contributed by atoms with E-state index in [1.54, 1.807) is 6.08 Å². The summed E-state index contributed by atoms with van der Waals surface area (Å²) in [7, 11) is 0. The van der Waals surface area contributed by atoms with E-state index in [-0.39, 0.29) is 0 Å². The Balaban J connectivity index is 1.51. The number of allylic oxidation sites excluding steroid dienone is 4. The molecule has 0 aliphatic heterocycles. The second-order valence-corrected chi connectivity index (χ2v) is 9.48. The van der Waals surface area contributed by atoms with Gasteiger partial charge in [-0.15, -0.1) is 0 Å². The van der Waals surface area contributed by atoms with Gasteiger partial charge in [-0.05, 0) is 42.6 Å². The molecule has 2 aliphatic rings. The fourth-order valence-electron chi connectivity index (χ4n) is 5.39. The van der Waals surface area contributed by atoms with Gasteiger partial charge in [-0.25, -0.2) is 0 Å². The zero-order valence-electron chi connectivity index (χ0n) is 18.2. The number of hydrogen-bond acceptors (Lipinski definition) is 1. The van der Waals surface area contributed by atoms with Gasteiger partial charge in [-0.2, -0.15) is 9.65 Å². The van der Waals surface area contributed by atoms with E-state index in [2.05, 4.69) is 6.92 Å². The maximum atomic E-state index is 12.7. The van der Waals surface area contributed by atoms with Gasteiger partial charge in [0.1, 0.15) is 6.07 Å². The van der Waals surface area contributed by atoms with Gasteiger partial charge in [0, 0.05) is 0 Å². The molecule has 158 valence electrons. The summed E-state index contributed by atoms with van der Waals surface area (Å²) >= 11 is 0. The maximum absolute atomic E-state index is 12.7. The van der Waals surface area contributed by atoms with Gasteiger partial charge in [-0.1, -0.05) is 109 Å². The maximum Gasteiger partial charge on any atom is 0.199 e. The van der Waals surface area contributed by atoms with E-state index in [4.69, 9.17) is 5.26 Å². The third kappa shape index (κ3) is 9.40. The van der Waals surface area contributed by atoms with Gasteiger partial charge in [0.15, 0.2) is 5.83 Å². The molecule has 0 aromatic rings. The van der Waals surface area contributed by atoms with Crippen LogP contribution in [0.4, 0.5) is 4.39 Å². The van der Waals surface area contributed by atoms with Gasteiger partial charge in [0.2, 0.25) is 0 Å². The minimum absolute atomic E-state index is 0.707. The number of unbranched alkanes of at least 4 members (excludes halogenated alkanes) is 2. The lowest BCUT2D eigenvalue weighted by molar-refractivity contribution is 0.209. The Kier molecular flexibility index (Phi) is 11.6. The average Bonchev–Trinajstić information content (AvgIpc) is 2.74. The zero-order chi connectivity index (χ0) is 20.0. The molecule has 2 aliphatic carbocycles. The predicted octanol–water partition coefficient (Wildman–Crippen LogP) is 8.67. The van der Waals surface area contributed by atoms with E-state index >= 15 is 0 Å². The molecule has 0 amide bonds. The second kappa shape index (κ2) is 14.0. The van der Waals surface area contributed by atoms with E-state index in [0.717, 1.165) is 30.1 Å². The van der Waals surface area contributed by atoms with Crippen LogP contribution in [0.2, 0.25) is 0 Å². The summed E-state index contributed by atoms with van der Waals surface area (Å²) in [4.78, 5) is 0. The molecule has 2 rings (SSSR count). The highest BCUT2D eigenvalue weighted by Crippen LogP contribution is 2.38. The molecule has 0 bridgehead atoms. The summed E-state index contributed by atoms with van der Waals surface area (Å²) in [6, 6.07) is 1.50. The van der Waals surface area contributed by atoms with Crippen LogP contribution in [-0.2, 0) is 0 Å². The van der Waals surface area contributed by atoms with Gasteiger partial charge < -0.3 is 0 Å². The zero-order valence-corrected chi connectivity index (χ0v) is 18.2. The lowest BCUT2D eigenvalue weighted by Gasteiger charge is -2.32. The first kappa shape index (κ1) is 23.2. The minimum atomic E-state index is -0.707. The smallest absolute Gasteiger partial charge is 0.195 e. The molecule has 0 N–H and O–H groups in total. The normalized spacial score (nSPS) is 29.1. The predicted molar refractivity (Wildman–Crippen MR) is 117 cm³/mol. The topological polar surface area (TPSA) is 23.8 Å². The number of hydrogen-bond donors (Lipinski definition) is 0. The molecular weight excluding hydrogens is 345 g/mol. The summed E-state index contributed by atoms with van der Waals surface area (Å²) < 4.78 is 12.7. The van der Waals surface area contributed by atoms with Crippen LogP contribution in [0.15, 0.2) is 24.1 Å². The minimum Gasteiger partial charge on any atom is -0.195 e. The van der Waals surface area contributed by atoms with Crippen molar-refractivity contribution in [2.75, 3.05) is 0 Å². The standard InChI is InChI=1S/C26H42FN/c1-2-3-5-8-22-11-15-24(16-12-22)19-20-25-17-13-23(14-18-25)9-6-4-7-10-26(27)21-28/h4,7,10,22-25H,2-3,5-6,8-9,11-20H2,1H3/b7-4+,26-10-.